The first kappa shape index (κ1) is 21.2. The summed E-state index contributed by atoms with van der Waals surface area (Å²) in [7, 11) is -3.81. The number of aryl methyl sites for hydroxylation is 2. The second-order valence-corrected chi connectivity index (χ2v) is 9.84. The Labute approximate surface area is 181 Å². The summed E-state index contributed by atoms with van der Waals surface area (Å²) in [5.74, 6) is -0.372. The number of benzene rings is 2. The third kappa shape index (κ3) is 5.75. The number of nitrogens with zero attached hydrogens (tertiary/aromatic N) is 1. The van der Waals surface area contributed by atoms with Crippen molar-refractivity contribution >= 4 is 60.6 Å². The lowest BCUT2D eigenvalue weighted by Crippen LogP contribution is -2.15. The molecule has 1 aromatic heterocycles. The minimum absolute atomic E-state index is 0.0947. The predicted octanol–water partition coefficient (Wildman–Crippen LogP) is 4.98. The molecular formula is C20H18BrN3O3S2. The molecule has 0 aliphatic heterocycles. The van der Waals surface area contributed by atoms with Crippen molar-refractivity contribution in [2.24, 2.45) is 0 Å². The third-order valence-electron chi connectivity index (χ3n) is 3.88. The average molecular weight is 492 g/mol. The molecule has 0 aliphatic carbocycles. The number of halogens is 1. The number of anilines is 2. The summed E-state index contributed by atoms with van der Waals surface area (Å²) >= 11 is 4.81. The number of rotatable bonds is 6. The molecule has 0 atom stereocenters. The Bertz CT molecular complexity index is 1170. The highest BCUT2D eigenvalue weighted by atomic mass is 79.9. The lowest BCUT2D eigenvalue weighted by Gasteiger charge is -2.12. The molecule has 150 valence electrons. The van der Waals surface area contributed by atoms with Crippen LogP contribution in [0, 0.1) is 13.8 Å². The fourth-order valence-corrected chi connectivity index (χ4v) is 4.67. The van der Waals surface area contributed by atoms with E-state index in [0.29, 0.717) is 22.6 Å². The Kier molecular flexibility index (Phi) is 6.51. The molecule has 2 aromatic carbocycles. The number of sulfonamides is 1. The summed E-state index contributed by atoms with van der Waals surface area (Å²) in [4.78, 5) is 16.5. The van der Waals surface area contributed by atoms with Gasteiger partial charge in [0.2, 0.25) is 5.91 Å². The fourth-order valence-electron chi connectivity index (χ4n) is 2.50. The maximum absolute atomic E-state index is 12.8. The van der Waals surface area contributed by atoms with E-state index >= 15 is 0 Å². The average Bonchev–Trinajstić information content (AvgIpc) is 3.08. The number of nitrogens with one attached hydrogen (secondary N) is 2. The molecule has 0 radical (unpaired) electrons. The van der Waals surface area contributed by atoms with Crippen LogP contribution in [0.5, 0.6) is 0 Å². The van der Waals surface area contributed by atoms with Crippen LogP contribution < -0.4 is 10.0 Å². The van der Waals surface area contributed by atoms with Gasteiger partial charge in [-0.15, -0.1) is 11.3 Å². The van der Waals surface area contributed by atoms with Gasteiger partial charge in [0.15, 0.2) is 0 Å². The topological polar surface area (TPSA) is 88.2 Å². The number of hydrogen-bond donors (Lipinski definition) is 2. The molecule has 2 N–H and O–H groups in total. The molecule has 1 amide bonds. The Morgan fingerprint density at radius 3 is 2.45 bits per heavy atom. The van der Waals surface area contributed by atoms with E-state index in [2.05, 4.69) is 31.0 Å². The summed E-state index contributed by atoms with van der Waals surface area (Å²) in [6.07, 6.45) is 2.97. The van der Waals surface area contributed by atoms with Gasteiger partial charge < -0.3 is 5.32 Å². The van der Waals surface area contributed by atoms with Gasteiger partial charge in [-0.25, -0.2) is 13.4 Å². The van der Waals surface area contributed by atoms with E-state index in [4.69, 9.17) is 0 Å². The van der Waals surface area contributed by atoms with E-state index in [1.807, 2.05) is 12.3 Å². The largest absolute Gasteiger partial charge is 0.322 e. The van der Waals surface area contributed by atoms with Crippen LogP contribution in [0.3, 0.4) is 0 Å². The SMILES string of the molecule is Cc1nc(/C=C/C(=O)Nc2ccc(C)c(S(=O)(=O)Nc3ccc(Br)cc3)c2)cs1. The molecule has 0 unspecified atom stereocenters. The van der Waals surface area contributed by atoms with E-state index in [9.17, 15) is 13.2 Å². The second kappa shape index (κ2) is 8.89. The minimum atomic E-state index is -3.81. The van der Waals surface area contributed by atoms with Crippen molar-refractivity contribution in [1.29, 1.82) is 0 Å². The van der Waals surface area contributed by atoms with E-state index in [1.165, 1.54) is 23.5 Å². The zero-order chi connectivity index (χ0) is 21.0. The summed E-state index contributed by atoms with van der Waals surface area (Å²) in [5, 5.41) is 5.45. The standard InChI is InChI=1S/C20H18BrN3O3S2/c1-13-3-6-17(23-20(25)10-9-18-12-28-14(2)22-18)11-19(13)29(26,27)24-16-7-4-15(21)5-8-16/h3-12,24H,1-2H3,(H,23,25)/b10-9+. The summed E-state index contributed by atoms with van der Waals surface area (Å²) < 4.78 is 29.0. The maximum Gasteiger partial charge on any atom is 0.262 e. The lowest BCUT2D eigenvalue weighted by atomic mass is 10.2. The molecule has 0 saturated carbocycles. The Balaban J connectivity index is 1.77. The van der Waals surface area contributed by atoms with Crippen molar-refractivity contribution in [2.75, 3.05) is 10.0 Å². The van der Waals surface area contributed by atoms with Gasteiger partial charge in [0.25, 0.3) is 10.0 Å². The van der Waals surface area contributed by atoms with E-state index in [1.54, 1.807) is 49.4 Å². The maximum atomic E-state index is 12.8. The van der Waals surface area contributed by atoms with Gasteiger partial charge in [-0.2, -0.15) is 0 Å². The smallest absolute Gasteiger partial charge is 0.262 e. The molecule has 0 bridgehead atoms. The highest BCUT2D eigenvalue weighted by Crippen LogP contribution is 2.24. The number of thiazole rings is 1. The number of amides is 1. The number of aromatic nitrogens is 1. The Morgan fingerprint density at radius 2 is 1.79 bits per heavy atom. The van der Waals surface area contributed by atoms with Crippen LogP contribution in [0.1, 0.15) is 16.3 Å². The van der Waals surface area contributed by atoms with Crippen LogP contribution in [0.4, 0.5) is 11.4 Å². The van der Waals surface area contributed by atoms with Gasteiger partial charge >= 0.3 is 0 Å². The van der Waals surface area contributed by atoms with Crippen molar-refractivity contribution in [1.82, 2.24) is 4.98 Å². The van der Waals surface area contributed by atoms with E-state index in [0.717, 1.165) is 9.48 Å². The highest BCUT2D eigenvalue weighted by Gasteiger charge is 2.18. The van der Waals surface area contributed by atoms with Crippen molar-refractivity contribution < 1.29 is 13.2 Å². The molecule has 0 aliphatic rings. The van der Waals surface area contributed by atoms with Crippen molar-refractivity contribution in [3.05, 3.63) is 74.7 Å². The molecule has 9 heteroatoms. The van der Waals surface area contributed by atoms with Crippen LogP contribution >= 0.6 is 27.3 Å². The Morgan fingerprint density at radius 1 is 1.10 bits per heavy atom. The molecule has 29 heavy (non-hydrogen) atoms. The first-order valence-corrected chi connectivity index (χ1v) is 11.7. The molecule has 3 aromatic rings. The van der Waals surface area contributed by atoms with Crippen LogP contribution in [0.25, 0.3) is 6.08 Å². The number of carbonyl (C=O) groups is 1. The van der Waals surface area contributed by atoms with Gasteiger partial charge in [-0.3, -0.25) is 9.52 Å². The van der Waals surface area contributed by atoms with Crippen molar-refractivity contribution in [3.63, 3.8) is 0 Å². The quantitative estimate of drug-likeness (QED) is 0.476. The minimum Gasteiger partial charge on any atom is -0.322 e. The van der Waals surface area contributed by atoms with Crippen molar-refractivity contribution in [3.8, 4) is 0 Å². The monoisotopic (exact) mass is 491 g/mol. The lowest BCUT2D eigenvalue weighted by molar-refractivity contribution is -0.111. The summed E-state index contributed by atoms with van der Waals surface area (Å²) in [6, 6.07) is 11.6. The number of hydrogen-bond acceptors (Lipinski definition) is 5. The van der Waals surface area contributed by atoms with Gasteiger partial charge in [0.1, 0.15) is 0 Å². The summed E-state index contributed by atoms with van der Waals surface area (Å²) in [5.41, 5.74) is 2.11. The predicted molar refractivity (Wildman–Crippen MR) is 121 cm³/mol. The molecule has 0 fully saturated rings. The van der Waals surface area contributed by atoms with E-state index < -0.39 is 10.0 Å². The van der Waals surface area contributed by atoms with Crippen LogP contribution in [-0.2, 0) is 14.8 Å². The molecule has 3 rings (SSSR count). The van der Waals surface area contributed by atoms with Crippen LogP contribution in [0.2, 0.25) is 0 Å². The second-order valence-electron chi connectivity index (χ2n) is 6.21. The molecular weight excluding hydrogens is 474 g/mol. The van der Waals surface area contributed by atoms with E-state index in [-0.39, 0.29) is 10.8 Å². The van der Waals surface area contributed by atoms with Gasteiger partial charge in [-0.05, 0) is 61.9 Å². The van der Waals surface area contributed by atoms with Crippen LogP contribution in [-0.4, -0.2) is 19.3 Å². The van der Waals surface area contributed by atoms with Gasteiger partial charge in [0.05, 0.1) is 15.6 Å². The zero-order valence-electron chi connectivity index (χ0n) is 15.6. The fraction of sp³-hybridized carbons (Fsp3) is 0.100. The number of carbonyl (C=O) groups excluding carboxylic acids is 1. The first-order chi connectivity index (χ1) is 13.7. The Hall–Kier alpha value is -2.49. The highest BCUT2D eigenvalue weighted by molar-refractivity contribution is 9.10. The van der Waals surface area contributed by atoms with Crippen molar-refractivity contribution in [2.45, 2.75) is 18.7 Å². The third-order valence-corrected chi connectivity index (χ3v) is 6.73. The molecule has 6 nitrogen and oxygen atoms in total. The normalized spacial score (nSPS) is 11.6. The summed E-state index contributed by atoms with van der Waals surface area (Å²) in [6.45, 7) is 3.59. The van der Waals surface area contributed by atoms with Gasteiger partial charge in [-0.1, -0.05) is 22.0 Å². The molecule has 1 heterocycles. The molecule has 0 saturated heterocycles. The van der Waals surface area contributed by atoms with Crippen LogP contribution in [0.15, 0.2) is 63.3 Å². The van der Waals surface area contributed by atoms with Gasteiger partial charge in [0, 0.05) is 27.3 Å². The first-order valence-electron chi connectivity index (χ1n) is 8.53. The zero-order valence-corrected chi connectivity index (χ0v) is 18.9. The molecule has 0 spiro atoms.